The Balaban J connectivity index is 1.61. The van der Waals surface area contributed by atoms with Crippen LogP contribution in [0.25, 0.3) is 0 Å². The lowest BCUT2D eigenvalue weighted by Crippen LogP contribution is -2.33. The van der Waals surface area contributed by atoms with Gasteiger partial charge in [0.2, 0.25) is 5.69 Å². The number of hydrogen-bond acceptors (Lipinski definition) is 7. The van der Waals surface area contributed by atoms with E-state index in [-0.39, 0.29) is 10.8 Å². The molecule has 238 valence electrons. The van der Waals surface area contributed by atoms with Gasteiger partial charge < -0.3 is 9.64 Å². The number of benzene rings is 2. The van der Waals surface area contributed by atoms with Gasteiger partial charge in [-0.3, -0.25) is 0 Å². The highest BCUT2D eigenvalue weighted by atomic mass is 32.2. The molecule has 0 radical (unpaired) electrons. The summed E-state index contributed by atoms with van der Waals surface area (Å²) >= 11 is 0.577. The molecule has 0 atom stereocenters. The molecule has 9 heteroatoms. The number of rotatable bonds is 7. The summed E-state index contributed by atoms with van der Waals surface area (Å²) in [7, 11) is 4.17. The van der Waals surface area contributed by atoms with Crippen molar-refractivity contribution in [3.8, 4) is 0 Å². The molecule has 2 aromatic carbocycles. The lowest BCUT2D eigenvalue weighted by Gasteiger charge is -2.27. The number of allylic oxidation sites excluding steroid dienone is 7. The van der Waals surface area contributed by atoms with E-state index in [0.717, 1.165) is 22.6 Å². The molecule has 3 aliphatic rings. The van der Waals surface area contributed by atoms with Gasteiger partial charge in [0.1, 0.15) is 12.6 Å². The van der Waals surface area contributed by atoms with Crippen molar-refractivity contribution in [3.63, 3.8) is 0 Å². The van der Waals surface area contributed by atoms with Crippen LogP contribution in [0.1, 0.15) is 72.4 Å². The Morgan fingerprint density at radius 2 is 1.64 bits per heavy atom. The molecule has 2 heterocycles. The van der Waals surface area contributed by atoms with Gasteiger partial charge in [-0.2, -0.15) is 8.88 Å². The molecule has 2 aromatic rings. The summed E-state index contributed by atoms with van der Waals surface area (Å²) in [5.74, 6) is 0. The lowest BCUT2D eigenvalue weighted by atomic mass is 9.81. The summed E-state index contributed by atoms with van der Waals surface area (Å²) in [5, 5.41) is 13.0. The first-order valence-electron chi connectivity index (χ1n) is 15.2. The van der Waals surface area contributed by atoms with Gasteiger partial charge in [0.25, 0.3) is 0 Å². The molecule has 0 aromatic heterocycles. The van der Waals surface area contributed by atoms with Crippen molar-refractivity contribution < 1.29 is 28.7 Å². The second kappa shape index (κ2) is 12.3. The Kier molecular flexibility index (Phi) is 8.94. The van der Waals surface area contributed by atoms with Gasteiger partial charge >= 0.3 is 6.09 Å². The number of amides is 1. The summed E-state index contributed by atoms with van der Waals surface area (Å²) in [6.45, 7) is 14.3. The van der Waals surface area contributed by atoms with E-state index in [1.54, 1.807) is 0 Å². The number of para-hydroxylation sites is 2. The number of hydrogen-bond donors (Lipinski definition) is 1. The Bertz CT molecular complexity index is 1660. The number of carbonyl (C=O) groups excluding carboxylic acids is 1. The Labute approximate surface area is 271 Å². The van der Waals surface area contributed by atoms with E-state index in [9.17, 15) is 4.79 Å². The molecule has 45 heavy (non-hydrogen) atoms. The molecular formula is C36H44N3O5S+. The fourth-order valence-electron chi connectivity index (χ4n) is 6.77. The van der Waals surface area contributed by atoms with Crippen LogP contribution in [0, 0.1) is 0 Å². The van der Waals surface area contributed by atoms with Gasteiger partial charge in [0, 0.05) is 41.6 Å². The largest absolute Gasteiger partial charge is 0.443 e. The molecule has 0 bridgehead atoms. The number of ether oxygens (including phenoxy) is 1. The minimum absolute atomic E-state index is 0.203. The van der Waals surface area contributed by atoms with Crippen LogP contribution in [0.2, 0.25) is 0 Å². The quantitative estimate of drug-likeness (QED) is 0.108. The summed E-state index contributed by atoms with van der Waals surface area (Å²) in [6.07, 6.45) is 9.22. The molecule has 5 rings (SSSR count). The van der Waals surface area contributed by atoms with E-state index < -0.39 is 11.7 Å². The van der Waals surface area contributed by atoms with Crippen LogP contribution < -0.4 is 4.90 Å². The van der Waals surface area contributed by atoms with Crippen LogP contribution in [0.4, 0.5) is 16.2 Å². The molecule has 1 amide bonds. The summed E-state index contributed by atoms with van der Waals surface area (Å²) < 4.78 is 14.2. The standard InChI is InChI=1S/C36H43N3O5S/c1-34(2,3)42-33(40)39(45-44-43-41)32-24(20-22-30-35(4,5)26-14-10-12-16-28(26)37(30)8)18-19-25(32)21-23-31-36(6,7)27-15-11-13-17-29(27)38(31)9/h10-17,20-23H,18-19H2,1-9H3/p+1. The van der Waals surface area contributed by atoms with Crippen LogP contribution in [0.3, 0.4) is 0 Å². The van der Waals surface area contributed by atoms with Gasteiger partial charge in [-0.05, 0) is 76.3 Å². The molecule has 2 aliphatic heterocycles. The molecular weight excluding hydrogens is 586 g/mol. The predicted molar refractivity (Wildman–Crippen MR) is 180 cm³/mol. The van der Waals surface area contributed by atoms with E-state index in [2.05, 4.69) is 129 Å². The third-order valence-corrected chi connectivity index (χ3v) is 9.54. The highest BCUT2D eigenvalue weighted by molar-refractivity contribution is 7.92. The molecule has 8 nitrogen and oxygen atoms in total. The topological polar surface area (TPSA) is 74.5 Å². The van der Waals surface area contributed by atoms with Crippen LogP contribution >= 0.6 is 12.2 Å². The Morgan fingerprint density at radius 3 is 2.29 bits per heavy atom. The van der Waals surface area contributed by atoms with Crippen molar-refractivity contribution in [2.24, 2.45) is 0 Å². The van der Waals surface area contributed by atoms with Crippen LogP contribution in [-0.2, 0) is 24.9 Å². The zero-order valence-electron chi connectivity index (χ0n) is 27.7. The van der Waals surface area contributed by atoms with Crippen molar-refractivity contribution >= 4 is 35.4 Å². The summed E-state index contributed by atoms with van der Waals surface area (Å²) in [4.78, 5) is 15.8. The van der Waals surface area contributed by atoms with Gasteiger partial charge in [-0.1, -0.05) is 67.4 Å². The molecule has 1 aliphatic carbocycles. The average molecular weight is 631 g/mol. The minimum Gasteiger partial charge on any atom is -0.443 e. The maximum atomic E-state index is 13.6. The summed E-state index contributed by atoms with van der Waals surface area (Å²) in [5.41, 5.74) is 8.55. The second-order valence-electron chi connectivity index (χ2n) is 13.7. The van der Waals surface area contributed by atoms with Crippen LogP contribution in [0.5, 0.6) is 0 Å². The van der Waals surface area contributed by atoms with Crippen molar-refractivity contribution in [1.82, 2.24) is 4.31 Å². The van der Waals surface area contributed by atoms with Crippen molar-refractivity contribution in [1.29, 1.82) is 0 Å². The maximum Gasteiger partial charge on any atom is 0.427 e. The molecule has 0 saturated heterocycles. The van der Waals surface area contributed by atoms with E-state index in [1.165, 1.54) is 26.8 Å². The van der Waals surface area contributed by atoms with E-state index >= 15 is 0 Å². The average Bonchev–Trinajstić information content (AvgIpc) is 3.52. The number of carbonyl (C=O) groups is 1. The first-order valence-corrected chi connectivity index (χ1v) is 15.9. The first kappa shape index (κ1) is 32.8. The highest BCUT2D eigenvalue weighted by Gasteiger charge is 2.43. The maximum absolute atomic E-state index is 13.6. The van der Waals surface area contributed by atoms with Gasteiger partial charge in [0.15, 0.2) is 17.9 Å². The summed E-state index contributed by atoms with van der Waals surface area (Å²) in [6, 6.07) is 16.9. The normalized spacial score (nSPS) is 20.5. The van der Waals surface area contributed by atoms with Gasteiger partial charge in [-0.15, -0.1) is 4.33 Å². The van der Waals surface area contributed by atoms with Crippen molar-refractivity contribution in [2.45, 2.75) is 77.7 Å². The zero-order valence-corrected chi connectivity index (χ0v) is 28.5. The molecule has 0 saturated carbocycles. The smallest absolute Gasteiger partial charge is 0.427 e. The van der Waals surface area contributed by atoms with Gasteiger partial charge in [0.05, 0.1) is 11.1 Å². The molecule has 0 unspecified atom stereocenters. The number of anilines is 1. The molecule has 0 spiro atoms. The molecule has 0 fully saturated rings. The van der Waals surface area contributed by atoms with Gasteiger partial charge in [-0.25, -0.2) is 10.1 Å². The SMILES string of the molecule is CN1C(=CC=C2CCC(C=CC3=[N+](C)c4ccccc4C3(C)C)=C2N(SOOO)C(=O)OC(C)(C)C)C(C)(C)c2ccccc21. The Morgan fingerprint density at radius 1 is 0.978 bits per heavy atom. The second-order valence-corrected chi connectivity index (χ2v) is 14.4. The highest BCUT2D eigenvalue weighted by Crippen LogP contribution is 2.47. The molecule has 1 N–H and O–H groups in total. The number of likely N-dealkylation sites (N-methyl/N-ethyl adjacent to an activating group) is 1. The zero-order chi connectivity index (χ0) is 32.7. The first-order chi connectivity index (χ1) is 21.2. The third-order valence-electron chi connectivity index (χ3n) is 8.94. The van der Waals surface area contributed by atoms with E-state index in [0.29, 0.717) is 30.8 Å². The lowest BCUT2D eigenvalue weighted by molar-refractivity contribution is -0.433. The van der Waals surface area contributed by atoms with E-state index in [4.69, 9.17) is 14.3 Å². The van der Waals surface area contributed by atoms with Crippen molar-refractivity contribution in [2.75, 3.05) is 19.0 Å². The number of fused-ring (bicyclic) bond motifs is 2. The predicted octanol–water partition coefficient (Wildman–Crippen LogP) is 8.76. The fourth-order valence-corrected chi connectivity index (χ4v) is 7.26. The third kappa shape index (κ3) is 6.14. The van der Waals surface area contributed by atoms with Crippen molar-refractivity contribution in [3.05, 3.63) is 107 Å². The Hall–Kier alpha value is -3.63. The fraction of sp³-hybridized carbons (Fsp3) is 0.389. The monoisotopic (exact) mass is 630 g/mol. The van der Waals surface area contributed by atoms with E-state index in [1.807, 2.05) is 20.8 Å². The minimum atomic E-state index is -0.752. The van der Waals surface area contributed by atoms with Crippen LogP contribution in [-0.4, -0.2) is 45.6 Å². The number of nitrogens with zero attached hydrogens (tertiary/aromatic N) is 3. The van der Waals surface area contributed by atoms with Crippen LogP contribution in [0.15, 0.2) is 95.4 Å².